The number of carbonyl (C=O) groups excluding carboxylic acids is 1. The first-order valence-corrected chi connectivity index (χ1v) is 10.6. The second-order valence-electron chi connectivity index (χ2n) is 6.40. The Bertz CT molecular complexity index is 1120. The number of aromatic nitrogens is 1. The molecule has 5 rings (SSSR count). The number of hydrogen-bond acceptors (Lipinski definition) is 5. The lowest BCUT2D eigenvalue weighted by Crippen LogP contribution is -2.37. The number of H-pyrrole nitrogens is 1. The zero-order chi connectivity index (χ0) is 18.7. The van der Waals surface area contributed by atoms with Gasteiger partial charge in [0, 0.05) is 26.4 Å². The summed E-state index contributed by atoms with van der Waals surface area (Å²) in [6, 6.07) is 12.7. The van der Waals surface area contributed by atoms with Crippen LogP contribution in [0.4, 0.5) is 0 Å². The zero-order valence-electron chi connectivity index (χ0n) is 13.6. The van der Waals surface area contributed by atoms with Gasteiger partial charge in [-0.05, 0) is 35.9 Å². The van der Waals surface area contributed by atoms with Crippen molar-refractivity contribution in [1.29, 1.82) is 0 Å². The number of carbonyl (C=O) groups is 1. The largest absolute Gasteiger partial charge is 0.426 e. The summed E-state index contributed by atoms with van der Waals surface area (Å²) >= 11 is 14.9. The first kappa shape index (κ1) is 17.4. The molecule has 4 nitrogen and oxygen atoms in total. The fourth-order valence-corrected chi connectivity index (χ4v) is 6.60. The number of ether oxygens (including phenoxy) is 1. The molecule has 1 aromatic heterocycles. The van der Waals surface area contributed by atoms with Gasteiger partial charge in [0.15, 0.2) is 0 Å². The molecule has 2 aliphatic heterocycles. The Morgan fingerprint density at radius 3 is 2.52 bits per heavy atom. The van der Waals surface area contributed by atoms with Crippen molar-refractivity contribution in [3.8, 4) is 5.75 Å². The number of esters is 1. The van der Waals surface area contributed by atoms with Gasteiger partial charge >= 0.3 is 10.8 Å². The van der Waals surface area contributed by atoms with Crippen molar-refractivity contribution in [2.75, 3.05) is 0 Å². The smallest absolute Gasteiger partial charge is 0.316 e. The van der Waals surface area contributed by atoms with Crippen LogP contribution in [-0.2, 0) is 4.79 Å². The number of fused-ring (bicyclic) bond motifs is 5. The van der Waals surface area contributed by atoms with Crippen LogP contribution in [0.1, 0.15) is 27.2 Å². The molecule has 8 heteroatoms. The number of rotatable bonds is 1. The van der Waals surface area contributed by atoms with Crippen LogP contribution in [-0.4, -0.2) is 11.0 Å². The maximum Gasteiger partial charge on any atom is 0.316 e. The SMILES string of the molecule is O=C1Oc2ccc(Cl)cc2[C@@H]2c3sc(=O)[nH]c3S[C@H](c3ccc(Cl)cc3)[C@H]12. The maximum absolute atomic E-state index is 13.0. The average molecular weight is 436 g/mol. The standard InChI is InChI=1S/C19H11Cl2NO3S2/c20-9-3-1-8(2-4-9)15-14-13(16-17(26-15)22-19(24)27-16)11-7-10(21)5-6-12(11)25-18(14)23/h1-7,13-15H,(H,22,24)/t13-,14+,15+/m0/s1. The summed E-state index contributed by atoms with van der Waals surface area (Å²) < 4.78 is 5.63. The molecular weight excluding hydrogens is 425 g/mol. The van der Waals surface area contributed by atoms with E-state index in [4.69, 9.17) is 27.9 Å². The van der Waals surface area contributed by atoms with Gasteiger partial charge in [0.2, 0.25) is 0 Å². The van der Waals surface area contributed by atoms with E-state index < -0.39 is 5.92 Å². The predicted molar refractivity (Wildman–Crippen MR) is 107 cm³/mol. The highest BCUT2D eigenvalue weighted by atomic mass is 35.5. The van der Waals surface area contributed by atoms with E-state index in [1.807, 2.05) is 18.2 Å². The van der Waals surface area contributed by atoms with Crippen LogP contribution in [0.2, 0.25) is 10.0 Å². The summed E-state index contributed by atoms with van der Waals surface area (Å²) in [5.41, 5.74) is 1.79. The normalized spacial score (nSPS) is 23.2. The third-order valence-electron chi connectivity index (χ3n) is 4.84. The Morgan fingerprint density at radius 1 is 1.00 bits per heavy atom. The molecule has 2 aromatic carbocycles. The van der Waals surface area contributed by atoms with Gasteiger partial charge in [0.25, 0.3) is 0 Å². The van der Waals surface area contributed by atoms with E-state index in [2.05, 4.69) is 4.98 Å². The summed E-state index contributed by atoms with van der Waals surface area (Å²) in [6.07, 6.45) is 0. The second kappa shape index (κ2) is 6.41. The van der Waals surface area contributed by atoms with Gasteiger partial charge in [-0.15, -0.1) is 0 Å². The molecular formula is C19H11Cl2NO3S2. The van der Waals surface area contributed by atoms with E-state index in [1.165, 1.54) is 11.8 Å². The third-order valence-corrected chi connectivity index (χ3v) is 7.80. The van der Waals surface area contributed by atoms with Crippen LogP contribution in [0.15, 0.2) is 52.3 Å². The number of nitrogens with one attached hydrogen (secondary N) is 1. The van der Waals surface area contributed by atoms with Crippen molar-refractivity contribution < 1.29 is 9.53 Å². The number of thiazole rings is 1. The Kier molecular flexibility index (Phi) is 4.13. The van der Waals surface area contributed by atoms with Crippen LogP contribution in [0, 0.1) is 5.92 Å². The number of aromatic amines is 1. The topological polar surface area (TPSA) is 59.2 Å². The lowest BCUT2D eigenvalue weighted by atomic mass is 9.78. The van der Waals surface area contributed by atoms with E-state index in [0.717, 1.165) is 32.4 Å². The fraction of sp³-hybridized carbons (Fsp3) is 0.158. The number of hydrogen-bond donors (Lipinski definition) is 1. The molecule has 3 aromatic rings. The summed E-state index contributed by atoms with van der Waals surface area (Å²) in [6.45, 7) is 0. The van der Waals surface area contributed by atoms with E-state index >= 15 is 0 Å². The van der Waals surface area contributed by atoms with Gasteiger partial charge in [0.05, 0.1) is 16.2 Å². The minimum atomic E-state index is -0.457. The summed E-state index contributed by atoms with van der Waals surface area (Å²) in [7, 11) is 0. The van der Waals surface area contributed by atoms with Gasteiger partial charge in [-0.25, -0.2) is 0 Å². The quantitative estimate of drug-likeness (QED) is 0.418. The first-order chi connectivity index (χ1) is 13.0. The molecule has 0 aliphatic carbocycles. The minimum absolute atomic E-state index is 0.134. The van der Waals surface area contributed by atoms with Gasteiger partial charge in [-0.2, -0.15) is 0 Å². The van der Waals surface area contributed by atoms with Gasteiger partial charge in [-0.3, -0.25) is 9.59 Å². The molecule has 0 amide bonds. The van der Waals surface area contributed by atoms with Crippen LogP contribution in [0.5, 0.6) is 5.75 Å². The van der Waals surface area contributed by atoms with Crippen molar-refractivity contribution in [3.63, 3.8) is 0 Å². The second-order valence-corrected chi connectivity index (χ2v) is 9.44. The van der Waals surface area contributed by atoms with Crippen LogP contribution >= 0.6 is 46.3 Å². The maximum atomic E-state index is 13.0. The number of thioether (sulfide) groups is 1. The number of benzene rings is 2. The molecule has 27 heavy (non-hydrogen) atoms. The molecule has 0 saturated heterocycles. The summed E-state index contributed by atoms with van der Waals surface area (Å²) in [4.78, 5) is 28.7. The van der Waals surface area contributed by atoms with Crippen LogP contribution in [0.25, 0.3) is 0 Å². The van der Waals surface area contributed by atoms with E-state index in [0.29, 0.717) is 15.8 Å². The van der Waals surface area contributed by atoms with Crippen molar-refractivity contribution in [3.05, 3.63) is 78.2 Å². The van der Waals surface area contributed by atoms with Gasteiger partial charge in [0.1, 0.15) is 5.75 Å². The lowest BCUT2D eigenvalue weighted by Gasteiger charge is -2.39. The molecule has 0 fully saturated rings. The molecule has 2 aliphatic rings. The molecule has 136 valence electrons. The zero-order valence-corrected chi connectivity index (χ0v) is 16.7. The van der Waals surface area contributed by atoms with Gasteiger partial charge in [-0.1, -0.05) is 58.4 Å². The number of halogens is 2. The Morgan fingerprint density at radius 2 is 1.74 bits per heavy atom. The first-order valence-electron chi connectivity index (χ1n) is 8.17. The van der Waals surface area contributed by atoms with Crippen molar-refractivity contribution in [2.24, 2.45) is 5.92 Å². The van der Waals surface area contributed by atoms with Crippen molar-refractivity contribution in [2.45, 2.75) is 16.2 Å². The monoisotopic (exact) mass is 435 g/mol. The predicted octanol–water partition coefficient (Wildman–Crippen LogP) is 5.26. The molecule has 1 N–H and O–H groups in total. The van der Waals surface area contributed by atoms with Crippen LogP contribution in [0.3, 0.4) is 0 Å². The molecule has 0 bridgehead atoms. The lowest BCUT2D eigenvalue weighted by molar-refractivity contribution is -0.140. The highest BCUT2D eigenvalue weighted by Crippen LogP contribution is 2.58. The summed E-state index contributed by atoms with van der Waals surface area (Å²) in [5, 5.41) is 1.79. The van der Waals surface area contributed by atoms with E-state index in [-0.39, 0.29) is 22.0 Å². The van der Waals surface area contributed by atoms with E-state index in [9.17, 15) is 9.59 Å². The molecule has 0 radical (unpaired) electrons. The molecule has 0 unspecified atom stereocenters. The summed E-state index contributed by atoms with van der Waals surface area (Å²) in [5.74, 6) is -0.533. The molecule has 0 saturated carbocycles. The Hall–Kier alpha value is -1.73. The fourth-order valence-electron chi connectivity index (χ4n) is 3.71. The van der Waals surface area contributed by atoms with Crippen molar-refractivity contribution >= 4 is 52.3 Å². The third kappa shape index (κ3) is 2.83. The van der Waals surface area contributed by atoms with E-state index in [1.54, 1.807) is 24.3 Å². The molecule has 3 atom stereocenters. The Labute approximate surface area is 172 Å². The Balaban J connectivity index is 1.74. The van der Waals surface area contributed by atoms with Crippen molar-refractivity contribution in [1.82, 2.24) is 4.98 Å². The highest BCUT2D eigenvalue weighted by molar-refractivity contribution is 7.99. The minimum Gasteiger partial charge on any atom is -0.426 e. The molecule has 3 heterocycles. The van der Waals surface area contributed by atoms with Crippen LogP contribution < -0.4 is 9.61 Å². The highest BCUT2D eigenvalue weighted by Gasteiger charge is 2.49. The molecule has 0 spiro atoms. The van der Waals surface area contributed by atoms with Gasteiger partial charge < -0.3 is 9.72 Å². The average Bonchev–Trinajstić information content (AvgIpc) is 3.02.